The van der Waals surface area contributed by atoms with E-state index in [0.717, 1.165) is 36.6 Å². The van der Waals surface area contributed by atoms with Crippen LogP contribution >= 0.6 is 0 Å². The Labute approximate surface area is 165 Å². The number of piperazine rings is 1. The molecule has 2 fully saturated rings. The van der Waals surface area contributed by atoms with Crippen LogP contribution in [0, 0.1) is 5.92 Å². The number of allylic oxidation sites excluding steroid dienone is 1. The molecule has 2 amide bonds. The molecule has 150 valence electrons. The molecule has 1 saturated carbocycles. The van der Waals surface area contributed by atoms with Gasteiger partial charge in [0.05, 0.1) is 6.26 Å². The van der Waals surface area contributed by atoms with Gasteiger partial charge in [-0.3, -0.25) is 9.59 Å². The minimum absolute atomic E-state index is 0.00698. The summed E-state index contributed by atoms with van der Waals surface area (Å²) in [5.41, 5.74) is 2.29. The molecule has 0 bridgehead atoms. The third-order valence-corrected chi connectivity index (χ3v) is 6.05. The molecule has 0 unspecified atom stereocenters. The maximum Gasteiger partial charge on any atom is 0.270 e. The maximum atomic E-state index is 13.3. The van der Waals surface area contributed by atoms with Crippen LogP contribution in [0.5, 0.6) is 0 Å². The Bertz CT molecular complexity index is 903. The van der Waals surface area contributed by atoms with Gasteiger partial charge in [0.2, 0.25) is 11.6 Å². The second-order valence-corrected chi connectivity index (χ2v) is 8.37. The van der Waals surface area contributed by atoms with Gasteiger partial charge < -0.3 is 18.8 Å². The van der Waals surface area contributed by atoms with Gasteiger partial charge in [-0.1, -0.05) is 25.0 Å². The molecule has 2 aromatic rings. The number of carbonyl (C=O) groups excluding carboxylic acids is 2. The van der Waals surface area contributed by atoms with Gasteiger partial charge in [0.15, 0.2) is 0 Å². The van der Waals surface area contributed by atoms with Crippen LogP contribution in [0.25, 0.3) is 11.1 Å². The second-order valence-electron chi connectivity index (χ2n) is 8.37. The summed E-state index contributed by atoms with van der Waals surface area (Å²) >= 11 is 0. The average Bonchev–Trinajstić information content (AvgIpc) is 3.39. The van der Waals surface area contributed by atoms with E-state index < -0.39 is 0 Å². The monoisotopic (exact) mass is 383 g/mol. The number of aromatic nitrogens is 1. The van der Waals surface area contributed by atoms with Gasteiger partial charge in [-0.05, 0) is 38.8 Å². The van der Waals surface area contributed by atoms with Gasteiger partial charge in [0, 0.05) is 43.5 Å². The van der Waals surface area contributed by atoms with Crippen LogP contribution in [-0.2, 0) is 11.3 Å². The first-order valence-electron chi connectivity index (χ1n) is 10.3. The topological polar surface area (TPSA) is 58.7 Å². The molecule has 6 heteroatoms. The van der Waals surface area contributed by atoms with E-state index >= 15 is 0 Å². The molecule has 0 spiro atoms. The molecule has 0 aromatic carbocycles. The number of amides is 2. The van der Waals surface area contributed by atoms with Gasteiger partial charge in [-0.2, -0.15) is 0 Å². The molecule has 2 aromatic heterocycles. The molecule has 1 atom stereocenters. The largest absolute Gasteiger partial charge is 0.448 e. The van der Waals surface area contributed by atoms with E-state index in [1.807, 2.05) is 40.3 Å². The lowest BCUT2D eigenvalue weighted by atomic mass is 10.0. The zero-order chi connectivity index (χ0) is 19.8. The molecule has 0 radical (unpaired) electrons. The Hall–Kier alpha value is -2.50. The number of fused-ring (bicyclic) bond motifs is 1. The fourth-order valence-corrected chi connectivity index (χ4v) is 4.62. The van der Waals surface area contributed by atoms with Crippen LogP contribution in [-0.4, -0.2) is 51.9 Å². The molecule has 2 aliphatic rings. The number of hydrogen-bond acceptors (Lipinski definition) is 3. The van der Waals surface area contributed by atoms with Crippen molar-refractivity contribution >= 4 is 22.9 Å². The van der Waals surface area contributed by atoms with E-state index in [2.05, 4.69) is 6.58 Å². The first-order chi connectivity index (χ1) is 13.5. The summed E-state index contributed by atoms with van der Waals surface area (Å²) in [5, 5.41) is 0.924. The zero-order valence-electron chi connectivity index (χ0n) is 16.8. The predicted molar refractivity (Wildman–Crippen MR) is 108 cm³/mol. The van der Waals surface area contributed by atoms with Crippen molar-refractivity contribution < 1.29 is 14.0 Å². The summed E-state index contributed by atoms with van der Waals surface area (Å²) in [6.45, 7) is 10.3. The van der Waals surface area contributed by atoms with Crippen LogP contribution in [0.2, 0.25) is 0 Å². The lowest BCUT2D eigenvalue weighted by Crippen LogP contribution is -2.56. The standard InChI is InChI=1S/C22H29N3O3/c1-15(2)13-25-19(12-18-8-11-28-22(18)25)21(27)23-9-10-24(16(3)14-23)20(26)17-6-4-5-7-17/h8,11-12,16-17H,1,4-7,9-10,13-14H2,2-3H3/t16-/m1/s1. The van der Waals surface area contributed by atoms with Crippen LogP contribution < -0.4 is 0 Å². The molecule has 0 N–H and O–H groups in total. The fourth-order valence-electron chi connectivity index (χ4n) is 4.62. The van der Waals surface area contributed by atoms with Gasteiger partial charge in [0.25, 0.3) is 5.91 Å². The highest BCUT2D eigenvalue weighted by Gasteiger charge is 2.35. The van der Waals surface area contributed by atoms with Crippen molar-refractivity contribution in [3.8, 4) is 0 Å². The van der Waals surface area contributed by atoms with Crippen molar-refractivity contribution in [2.45, 2.75) is 52.1 Å². The van der Waals surface area contributed by atoms with Gasteiger partial charge in [-0.25, -0.2) is 0 Å². The van der Waals surface area contributed by atoms with Crippen LogP contribution in [0.4, 0.5) is 0 Å². The van der Waals surface area contributed by atoms with E-state index in [1.165, 1.54) is 0 Å². The summed E-state index contributed by atoms with van der Waals surface area (Å²) in [5.74, 6) is 0.456. The molecule has 1 aliphatic carbocycles. The molecule has 3 heterocycles. The highest BCUT2D eigenvalue weighted by Crippen LogP contribution is 2.29. The quantitative estimate of drug-likeness (QED) is 0.757. The Balaban J connectivity index is 1.50. The molecular weight excluding hydrogens is 354 g/mol. The first-order valence-corrected chi connectivity index (χ1v) is 10.3. The van der Waals surface area contributed by atoms with Crippen LogP contribution in [0.15, 0.2) is 35.0 Å². The van der Waals surface area contributed by atoms with Crippen molar-refractivity contribution in [1.29, 1.82) is 0 Å². The van der Waals surface area contributed by atoms with E-state index in [1.54, 1.807) is 6.26 Å². The maximum absolute atomic E-state index is 13.3. The van der Waals surface area contributed by atoms with Crippen molar-refractivity contribution in [3.05, 3.63) is 36.2 Å². The molecule has 28 heavy (non-hydrogen) atoms. The molecular formula is C22H29N3O3. The summed E-state index contributed by atoms with van der Waals surface area (Å²) < 4.78 is 7.50. The van der Waals surface area contributed by atoms with Gasteiger partial charge >= 0.3 is 0 Å². The van der Waals surface area contributed by atoms with E-state index in [4.69, 9.17) is 4.42 Å². The number of hydrogen-bond donors (Lipinski definition) is 0. The van der Waals surface area contributed by atoms with E-state index in [0.29, 0.717) is 37.6 Å². The minimum Gasteiger partial charge on any atom is -0.448 e. The van der Waals surface area contributed by atoms with Crippen LogP contribution in [0.3, 0.4) is 0 Å². The number of furan rings is 1. The minimum atomic E-state index is -0.00698. The highest BCUT2D eigenvalue weighted by atomic mass is 16.3. The molecule has 1 saturated heterocycles. The first kappa shape index (κ1) is 18.8. The Morgan fingerprint density at radius 1 is 1.25 bits per heavy atom. The Morgan fingerprint density at radius 2 is 2.00 bits per heavy atom. The van der Waals surface area contributed by atoms with Gasteiger partial charge in [0.1, 0.15) is 5.69 Å². The summed E-state index contributed by atoms with van der Waals surface area (Å²) in [6, 6.07) is 3.81. The summed E-state index contributed by atoms with van der Waals surface area (Å²) in [6.07, 6.45) is 5.98. The third kappa shape index (κ3) is 3.36. The van der Waals surface area contributed by atoms with Crippen molar-refractivity contribution in [2.24, 2.45) is 5.92 Å². The summed E-state index contributed by atoms with van der Waals surface area (Å²) in [7, 11) is 0. The molecule has 4 rings (SSSR count). The third-order valence-electron chi connectivity index (χ3n) is 6.05. The van der Waals surface area contributed by atoms with E-state index in [-0.39, 0.29) is 23.8 Å². The van der Waals surface area contributed by atoms with Crippen molar-refractivity contribution in [2.75, 3.05) is 19.6 Å². The number of nitrogens with zero attached hydrogens (tertiary/aromatic N) is 3. The Morgan fingerprint density at radius 3 is 2.68 bits per heavy atom. The lowest BCUT2D eigenvalue weighted by Gasteiger charge is -2.41. The number of carbonyl (C=O) groups is 2. The average molecular weight is 383 g/mol. The highest BCUT2D eigenvalue weighted by molar-refractivity contribution is 5.98. The second kappa shape index (κ2) is 7.49. The SMILES string of the molecule is C=C(C)Cn1c(C(=O)N2CCN(C(=O)C3CCCC3)[C@H](C)C2)cc2ccoc21. The number of rotatable bonds is 4. The van der Waals surface area contributed by atoms with Gasteiger partial charge in [-0.15, -0.1) is 0 Å². The normalized spacial score (nSPS) is 20.9. The molecule has 6 nitrogen and oxygen atoms in total. The smallest absolute Gasteiger partial charge is 0.270 e. The predicted octanol–water partition coefficient (Wildman–Crippen LogP) is 3.67. The zero-order valence-corrected chi connectivity index (χ0v) is 16.8. The molecule has 1 aliphatic heterocycles. The van der Waals surface area contributed by atoms with Crippen LogP contribution in [0.1, 0.15) is 50.0 Å². The van der Waals surface area contributed by atoms with Crippen molar-refractivity contribution in [3.63, 3.8) is 0 Å². The Kier molecular flexibility index (Phi) is 5.04. The lowest BCUT2D eigenvalue weighted by molar-refractivity contribution is -0.139. The van der Waals surface area contributed by atoms with Crippen molar-refractivity contribution in [1.82, 2.24) is 14.4 Å². The van der Waals surface area contributed by atoms with E-state index in [9.17, 15) is 9.59 Å². The summed E-state index contributed by atoms with van der Waals surface area (Å²) in [4.78, 5) is 29.9. The fraction of sp³-hybridized carbons (Fsp3) is 0.545.